The second-order valence-electron chi connectivity index (χ2n) is 4.42. The second-order valence-corrected chi connectivity index (χ2v) is 4.42. The Morgan fingerprint density at radius 1 is 1.29 bits per heavy atom. The maximum atomic E-state index is 13.5. The SMILES string of the molecule is CC(C)(CO)[C@H](N)c1c(F)ccc(F)c1O.Cl. The van der Waals surface area contributed by atoms with E-state index in [0.29, 0.717) is 0 Å². The Morgan fingerprint density at radius 3 is 2.24 bits per heavy atom. The summed E-state index contributed by atoms with van der Waals surface area (Å²) in [6.45, 7) is 2.90. The Kier molecular flexibility index (Phi) is 5.32. The Labute approximate surface area is 105 Å². The molecule has 0 saturated heterocycles. The Balaban J connectivity index is 0.00000256. The Hall–Kier alpha value is -0.910. The lowest BCUT2D eigenvalue weighted by Gasteiger charge is -2.30. The van der Waals surface area contributed by atoms with Gasteiger partial charge in [-0.15, -0.1) is 12.4 Å². The number of rotatable bonds is 3. The molecule has 0 amide bonds. The first-order valence-electron chi connectivity index (χ1n) is 4.84. The van der Waals surface area contributed by atoms with Crippen LogP contribution in [0, 0.1) is 17.0 Å². The molecule has 0 fully saturated rings. The normalized spacial score (nSPS) is 13.1. The summed E-state index contributed by atoms with van der Waals surface area (Å²) in [7, 11) is 0. The van der Waals surface area contributed by atoms with Crippen LogP contribution in [0.25, 0.3) is 0 Å². The maximum Gasteiger partial charge on any atom is 0.165 e. The molecule has 0 spiro atoms. The van der Waals surface area contributed by atoms with Crippen molar-refractivity contribution in [2.45, 2.75) is 19.9 Å². The first-order valence-corrected chi connectivity index (χ1v) is 4.84. The van der Waals surface area contributed by atoms with E-state index < -0.39 is 28.8 Å². The zero-order valence-corrected chi connectivity index (χ0v) is 10.4. The molecule has 0 saturated carbocycles. The van der Waals surface area contributed by atoms with Gasteiger partial charge in [-0.2, -0.15) is 0 Å². The van der Waals surface area contributed by atoms with Gasteiger partial charge < -0.3 is 15.9 Å². The first-order chi connectivity index (χ1) is 7.31. The van der Waals surface area contributed by atoms with E-state index in [0.717, 1.165) is 12.1 Å². The van der Waals surface area contributed by atoms with Gasteiger partial charge >= 0.3 is 0 Å². The molecule has 17 heavy (non-hydrogen) atoms. The second kappa shape index (κ2) is 5.62. The molecular formula is C11H16ClF2NO2. The highest BCUT2D eigenvalue weighted by atomic mass is 35.5. The molecule has 3 nitrogen and oxygen atoms in total. The van der Waals surface area contributed by atoms with Gasteiger partial charge in [-0.1, -0.05) is 13.8 Å². The van der Waals surface area contributed by atoms with E-state index in [4.69, 9.17) is 10.8 Å². The molecule has 0 aromatic heterocycles. The number of aromatic hydroxyl groups is 1. The van der Waals surface area contributed by atoms with Gasteiger partial charge in [-0.05, 0) is 12.1 Å². The Morgan fingerprint density at radius 2 is 1.76 bits per heavy atom. The summed E-state index contributed by atoms with van der Waals surface area (Å²) in [5.74, 6) is -2.51. The fourth-order valence-corrected chi connectivity index (χ4v) is 1.34. The number of phenolic OH excluding ortho intramolecular Hbond substituents is 1. The third kappa shape index (κ3) is 3.06. The topological polar surface area (TPSA) is 66.5 Å². The molecule has 1 atom stereocenters. The number of aliphatic hydroxyl groups is 1. The fraction of sp³-hybridized carbons (Fsp3) is 0.455. The molecule has 1 aromatic carbocycles. The molecule has 1 rings (SSSR count). The number of halogens is 3. The minimum atomic E-state index is -0.992. The van der Waals surface area contributed by atoms with E-state index in [9.17, 15) is 13.9 Å². The van der Waals surface area contributed by atoms with E-state index in [1.807, 2.05) is 0 Å². The summed E-state index contributed by atoms with van der Waals surface area (Å²) in [5.41, 5.74) is 4.57. The summed E-state index contributed by atoms with van der Waals surface area (Å²) < 4.78 is 26.5. The maximum absolute atomic E-state index is 13.5. The number of phenols is 1. The highest BCUT2D eigenvalue weighted by molar-refractivity contribution is 5.85. The van der Waals surface area contributed by atoms with Crippen LogP contribution in [-0.4, -0.2) is 16.8 Å². The van der Waals surface area contributed by atoms with Gasteiger partial charge in [0.15, 0.2) is 11.6 Å². The zero-order valence-electron chi connectivity index (χ0n) is 9.58. The first kappa shape index (κ1) is 16.1. The smallest absolute Gasteiger partial charge is 0.165 e. The van der Waals surface area contributed by atoms with Crippen LogP contribution in [0.1, 0.15) is 25.5 Å². The molecule has 0 unspecified atom stereocenters. The molecule has 0 aliphatic rings. The average molecular weight is 268 g/mol. The van der Waals surface area contributed by atoms with Crippen LogP contribution in [0.15, 0.2) is 12.1 Å². The predicted octanol–water partition coefficient (Wildman–Crippen LogP) is 2.11. The van der Waals surface area contributed by atoms with Crippen LogP contribution < -0.4 is 5.73 Å². The molecule has 0 radical (unpaired) electrons. The highest BCUT2D eigenvalue weighted by Gasteiger charge is 2.32. The number of benzene rings is 1. The largest absolute Gasteiger partial charge is 0.505 e. The van der Waals surface area contributed by atoms with Crippen molar-refractivity contribution in [1.82, 2.24) is 0 Å². The van der Waals surface area contributed by atoms with Gasteiger partial charge in [0.05, 0.1) is 0 Å². The predicted molar refractivity (Wildman–Crippen MR) is 63.1 cm³/mol. The summed E-state index contributed by atoms with van der Waals surface area (Å²) >= 11 is 0. The van der Waals surface area contributed by atoms with Gasteiger partial charge in [-0.25, -0.2) is 8.78 Å². The van der Waals surface area contributed by atoms with Crippen molar-refractivity contribution < 1.29 is 19.0 Å². The monoisotopic (exact) mass is 267 g/mol. The van der Waals surface area contributed by atoms with Crippen LogP contribution in [0.5, 0.6) is 5.75 Å². The minimum Gasteiger partial charge on any atom is -0.505 e. The van der Waals surface area contributed by atoms with Crippen LogP contribution >= 0.6 is 12.4 Å². The van der Waals surface area contributed by atoms with Crippen LogP contribution in [0.3, 0.4) is 0 Å². The van der Waals surface area contributed by atoms with Gasteiger partial charge in [0.2, 0.25) is 0 Å². The lowest BCUT2D eigenvalue weighted by atomic mass is 9.81. The molecular weight excluding hydrogens is 252 g/mol. The van der Waals surface area contributed by atoms with Crippen LogP contribution in [0.2, 0.25) is 0 Å². The average Bonchev–Trinajstić information content (AvgIpc) is 2.24. The lowest BCUT2D eigenvalue weighted by molar-refractivity contribution is 0.129. The summed E-state index contributed by atoms with van der Waals surface area (Å²) in [6, 6.07) is 0.734. The van der Waals surface area contributed by atoms with E-state index in [1.165, 1.54) is 0 Å². The van der Waals surface area contributed by atoms with E-state index in [-0.39, 0.29) is 24.6 Å². The lowest BCUT2D eigenvalue weighted by Crippen LogP contribution is -2.33. The van der Waals surface area contributed by atoms with Crippen LogP contribution in [0.4, 0.5) is 8.78 Å². The molecule has 0 bridgehead atoms. The van der Waals surface area contributed by atoms with Crippen molar-refractivity contribution in [1.29, 1.82) is 0 Å². The third-order valence-electron chi connectivity index (χ3n) is 2.68. The molecule has 0 heterocycles. The summed E-state index contributed by atoms with van der Waals surface area (Å²) in [4.78, 5) is 0. The molecule has 98 valence electrons. The number of aliphatic hydroxyl groups excluding tert-OH is 1. The van der Waals surface area contributed by atoms with Gasteiger partial charge in [0.1, 0.15) is 5.82 Å². The molecule has 4 N–H and O–H groups in total. The Bertz CT molecular complexity index is 399. The highest BCUT2D eigenvalue weighted by Crippen LogP contribution is 2.37. The van der Waals surface area contributed by atoms with Gasteiger partial charge in [0, 0.05) is 23.6 Å². The molecule has 6 heteroatoms. The van der Waals surface area contributed by atoms with E-state index in [1.54, 1.807) is 13.8 Å². The van der Waals surface area contributed by atoms with Crippen molar-refractivity contribution in [2.24, 2.45) is 11.1 Å². The molecule has 0 aliphatic carbocycles. The quantitative estimate of drug-likeness (QED) is 0.786. The van der Waals surface area contributed by atoms with Crippen molar-refractivity contribution in [2.75, 3.05) is 6.61 Å². The summed E-state index contributed by atoms with van der Waals surface area (Å²) in [6.07, 6.45) is 0. The number of hydrogen-bond acceptors (Lipinski definition) is 3. The van der Waals surface area contributed by atoms with Crippen molar-refractivity contribution in [3.8, 4) is 5.75 Å². The van der Waals surface area contributed by atoms with E-state index >= 15 is 0 Å². The van der Waals surface area contributed by atoms with Crippen molar-refractivity contribution in [3.05, 3.63) is 29.3 Å². The minimum absolute atomic E-state index is 0. The molecule has 1 aromatic rings. The number of hydrogen-bond donors (Lipinski definition) is 3. The fourth-order valence-electron chi connectivity index (χ4n) is 1.34. The number of nitrogens with two attached hydrogens (primary N) is 1. The van der Waals surface area contributed by atoms with Crippen molar-refractivity contribution >= 4 is 12.4 Å². The molecule has 0 aliphatic heterocycles. The van der Waals surface area contributed by atoms with Gasteiger partial charge in [0.25, 0.3) is 0 Å². The van der Waals surface area contributed by atoms with Crippen molar-refractivity contribution in [3.63, 3.8) is 0 Å². The zero-order chi connectivity index (χ0) is 12.5. The van der Waals surface area contributed by atoms with Gasteiger partial charge in [-0.3, -0.25) is 0 Å². The third-order valence-corrected chi connectivity index (χ3v) is 2.68. The standard InChI is InChI=1S/C11H15F2NO2.ClH/c1-11(2,5-15)10(14)8-6(12)3-4-7(13)9(8)16;/h3-4,10,15-16H,5,14H2,1-2H3;1H/t10-;/m1./s1. The van der Waals surface area contributed by atoms with Crippen LogP contribution in [-0.2, 0) is 0 Å². The van der Waals surface area contributed by atoms with E-state index in [2.05, 4.69) is 0 Å². The summed E-state index contributed by atoms with van der Waals surface area (Å²) in [5, 5.41) is 18.5.